The second-order valence-electron chi connectivity index (χ2n) is 6.35. The number of hydrogen-bond donors (Lipinski definition) is 1. The van der Waals surface area contributed by atoms with E-state index < -0.39 is 5.97 Å². The van der Waals surface area contributed by atoms with E-state index in [1.807, 2.05) is 60.0 Å². The predicted octanol–water partition coefficient (Wildman–Crippen LogP) is 3.90. The van der Waals surface area contributed by atoms with Gasteiger partial charge in [0.05, 0.1) is 23.4 Å². The molecule has 0 aliphatic rings. The Labute approximate surface area is 156 Å². The number of hydrogen-bond acceptors (Lipinski definition) is 3. The summed E-state index contributed by atoms with van der Waals surface area (Å²) in [5, 5.41) is 18.1. The van der Waals surface area contributed by atoms with Crippen molar-refractivity contribution in [3.05, 3.63) is 83.8 Å². The van der Waals surface area contributed by atoms with E-state index in [9.17, 15) is 4.79 Å². The maximum absolute atomic E-state index is 11.2. The van der Waals surface area contributed by atoms with Crippen LogP contribution in [-0.2, 0) is 6.54 Å². The first kappa shape index (κ1) is 16.8. The van der Waals surface area contributed by atoms with Gasteiger partial charge in [0.15, 0.2) is 5.69 Å². The number of aryl methyl sites for hydroxylation is 1. The van der Waals surface area contributed by atoms with Crippen LogP contribution in [0.3, 0.4) is 0 Å². The summed E-state index contributed by atoms with van der Waals surface area (Å²) >= 11 is 0. The van der Waals surface area contributed by atoms with Gasteiger partial charge in [0.1, 0.15) is 0 Å². The van der Waals surface area contributed by atoms with Crippen molar-refractivity contribution in [3.8, 4) is 11.3 Å². The summed E-state index contributed by atoms with van der Waals surface area (Å²) in [6.45, 7) is 6.12. The van der Waals surface area contributed by atoms with Gasteiger partial charge in [0, 0.05) is 11.3 Å². The Morgan fingerprint density at radius 2 is 1.93 bits per heavy atom. The van der Waals surface area contributed by atoms with E-state index in [0.29, 0.717) is 6.54 Å². The molecule has 0 bridgehead atoms. The predicted molar refractivity (Wildman–Crippen MR) is 104 cm³/mol. The third-order valence-electron chi connectivity index (χ3n) is 4.47. The monoisotopic (exact) mass is 358 g/mol. The van der Waals surface area contributed by atoms with Crippen molar-refractivity contribution in [1.82, 2.24) is 19.4 Å². The molecule has 0 saturated heterocycles. The van der Waals surface area contributed by atoms with E-state index in [4.69, 9.17) is 10.2 Å². The topological polar surface area (TPSA) is 72.4 Å². The highest BCUT2D eigenvalue weighted by atomic mass is 16.4. The fourth-order valence-electron chi connectivity index (χ4n) is 3.10. The van der Waals surface area contributed by atoms with E-state index in [0.717, 1.165) is 33.7 Å². The van der Waals surface area contributed by atoms with E-state index in [-0.39, 0.29) is 5.69 Å². The summed E-state index contributed by atoms with van der Waals surface area (Å²) in [4.78, 5) is 11.2. The van der Waals surface area contributed by atoms with E-state index >= 15 is 0 Å². The van der Waals surface area contributed by atoms with E-state index in [1.165, 1.54) is 0 Å². The normalized spacial score (nSPS) is 11.0. The van der Waals surface area contributed by atoms with Gasteiger partial charge in [-0.15, -0.1) is 0 Å². The lowest BCUT2D eigenvalue weighted by Gasteiger charge is -2.09. The van der Waals surface area contributed by atoms with Crippen LogP contribution >= 0.6 is 0 Å². The van der Waals surface area contributed by atoms with E-state index in [1.54, 1.807) is 16.8 Å². The molecule has 3 aromatic heterocycles. The highest BCUT2D eigenvalue weighted by Gasteiger charge is 2.14. The number of rotatable bonds is 5. The zero-order valence-electron chi connectivity index (χ0n) is 14.8. The van der Waals surface area contributed by atoms with Gasteiger partial charge in [-0.2, -0.15) is 10.2 Å². The SMILES string of the molecule is C=Cc1cc(Cn2nc(C(=O)O)cc2C)n2nc(-c3ccccc3)cc2c1. The zero-order valence-corrected chi connectivity index (χ0v) is 14.8. The number of carboxylic acids is 1. The summed E-state index contributed by atoms with van der Waals surface area (Å²) in [5.74, 6) is -1.03. The quantitative estimate of drug-likeness (QED) is 0.587. The third kappa shape index (κ3) is 3.13. The average Bonchev–Trinajstić information content (AvgIpc) is 3.26. The van der Waals surface area contributed by atoms with Gasteiger partial charge in [0.2, 0.25) is 0 Å². The maximum Gasteiger partial charge on any atom is 0.356 e. The highest BCUT2D eigenvalue weighted by molar-refractivity contribution is 5.85. The van der Waals surface area contributed by atoms with Crippen molar-refractivity contribution in [3.63, 3.8) is 0 Å². The lowest BCUT2D eigenvalue weighted by atomic mass is 10.1. The van der Waals surface area contributed by atoms with Crippen LogP contribution in [0, 0.1) is 6.92 Å². The Kier molecular flexibility index (Phi) is 4.08. The van der Waals surface area contributed by atoms with Crippen LogP contribution in [0.1, 0.15) is 27.4 Å². The number of pyridine rings is 1. The molecule has 0 saturated carbocycles. The smallest absolute Gasteiger partial charge is 0.356 e. The molecule has 6 nitrogen and oxygen atoms in total. The number of carbonyl (C=O) groups is 1. The van der Waals surface area contributed by atoms with Gasteiger partial charge in [-0.05, 0) is 36.8 Å². The minimum Gasteiger partial charge on any atom is -0.476 e. The summed E-state index contributed by atoms with van der Waals surface area (Å²) in [6.07, 6.45) is 1.79. The molecule has 0 amide bonds. The van der Waals surface area contributed by atoms with Crippen LogP contribution in [0.25, 0.3) is 22.9 Å². The molecule has 0 aliphatic carbocycles. The molecule has 6 heteroatoms. The molecule has 0 radical (unpaired) electrons. The minimum absolute atomic E-state index is 0.0362. The Morgan fingerprint density at radius 3 is 2.59 bits per heavy atom. The molecule has 0 fully saturated rings. The van der Waals surface area contributed by atoms with Crippen LogP contribution in [0.5, 0.6) is 0 Å². The molecule has 3 heterocycles. The van der Waals surface area contributed by atoms with Crippen LogP contribution in [-0.4, -0.2) is 30.5 Å². The van der Waals surface area contributed by atoms with Crippen molar-refractivity contribution in [1.29, 1.82) is 0 Å². The first-order valence-corrected chi connectivity index (χ1v) is 8.53. The van der Waals surface area contributed by atoms with Crippen molar-refractivity contribution >= 4 is 17.6 Å². The molecule has 4 rings (SSSR count). The first-order chi connectivity index (χ1) is 13.0. The maximum atomic E-state index is 11.2. The van der Waals surface area contributed by atoms with E-state index in [2.05, 4.69) is 11.7 Å². The fraction of sp³-hybridized carbons (Fsp3) is 0.0952. The van der Waals surface area contributed by atoms with Crippen molar-refractivity contribution in [2.24, 2.45) is 0 Å². The summed E-state index contributed by atoms with van der Waals surface area (Å²) in [6, 6.07) is 17.6. The Balaban J connectivity index is 1.83. The third-order valence-corrected chi connectivity index (χ3v) is 4.47. The molecule has 0 unspecified atom stereocenters. The minimum atomic E-state index is -1.03. The molecular weight excluding hydrogens is 340 g/mol. The van der Waals surface area contributed by atoms with Gasteiger partial charge in [-0.3, -0.25) is 4.68 Å². The summed E-state index contributed by atoms with van der Waals surface area (Å²) in [5.41, 5.74) is 5.55. The van der Waals surface area contributed by atoms with Crippen LogP contribution in [0.2, 0.25) is 0 Å². The molecular formula is C21H18N4O2. The summed E-state index contributed by atoms with van der Waals surface area (Å²) < 4.78 is 3.55. The molecule has 134 valence electrons. The van der Waals surface area contributed by atoms with Gasteiger partial charge >= 0.3 is 5.97 Å². The average molecular weight is 358 g/mol. The van der Waals surface area contributed by atoms with Crippen LogP contribution in [0.15, 0.2) is 61.2 Å². The Morgan fingerprint density at radius 1 is 1.15 bits per heavy atom. The van der Waals surface area contributed by atoms with Crippen molar-refractivity contribution in [2.45, 2.75) is 13.5 Å². The van der Waals surface area contributed by atoms with Gasteiger partial charge < -0.3 is 5.11 Å². The molecule has 4 aromatic rings. The molecule has 1 aromatic carbocycles. The van der Waals surface area contributed by atoms with Gasteiger partial charge in [0.25, 0.3) is 0 Å². The number of aromatic carboxylic acids is 1. The molecule has 1 N–H and O–H groups in total. The summed E-state index contributed by atoms with van der Waals surface area (Å²) in [7, 11) is 0. The van der Waals surface area contributed by atoms with Gasteiger partial charge in [-0.25, -0.2) is 9.31 Å². The molecule has 0 aliphatic heterocycles. The van der Waals surface area contributed by atoms with Crippen LogP contribution < -0.4 is 0 Å². The lowest BCUT2D eigenvalue weighted by Crippen LogP contribution is -2.10. The largest absolute Gasteiger partial charge is 0.476 e. The number of aromatic nitrogens is 4. The van der Waals surface area contributed by atoms with Crippen molar-refractivity contribution < 1.29 is 9.90 Å². The Bertz CT molecular complexity index is 1160. The van der Waals surface area contributed by atoms with Crippen molar-refractivity contribution in [2.75, 3.05) is 0 Å². The Hall–Kier alpha value is -3.67. The molecule has 0 atom stereocenters. The zero-order chi connectivity index (χ0) is 19.0. The van der Waals surface area contributed by atoms with Crippen LogP contribution in [0.4, 0.5) is 0 Å². The highest BCUT2D eigenvalue weighted by Crippen LogP contribution is 2.22. The standard InChI is InChI=1S/C21H18N4O2/c1-3-15-10-17-12-19(16-7-5-4-6-8-16)23-25(17)18(11-15)13-24-14(2)9-20(22-24)21(26)27/h3-12H,1,13H2,2H3,(H,26,27). The fourth-order valence-corrected chi connectivity index (χ4v) is 3.10. The lowest BCUT2D eigenvalue weighted by molar-refractivity contribution is 0.0689. The second kappa shape index (κ2) is 6.57. The number of benzene rings is 1. The van der Waals surface area contributed by atoms with Gasteiger partial charge in [-0.1, -0.05) is 43.0 Å². The number of nitrogens with zero attached hydrogens (tertiary/aromatic N) is 4. The molecule has 27 heavy (non-hydrogen) atoms. The second-order valence-corrected chi connectivity index (χ2v) is 6.35. The number of fused-ring (bicyclic) bond motifs is 1. The molecule has 0 spiro atoms. The number of carboxylic acid groups (broad SMARTS) is 1. The first-order valence-electron chi connectivity index (χ1n) is 8.53.